The van der Waals surface area contributed by atoms with Gasteiger partial charge in [0.25, 0.3) is 0 Å². The molecular formula is C12H10Br2OS. The van der Waals surface area contributed by atoms with Crippen molar-refractivity contribution in [1.29, 1.82) is 0 Å². The first-order chi connectivity index (χ1) is 7.65. The summed E-state index contributed by atoms with van der Waals surface area (Å²) in [6.45, 7) is 2.68. The van der Waals surface area contributed by atoms with Crippen molar-refractivity contribution in [2.75, 3.05) is 0 Å². The van der Waals surface area contributed by atoms with Crippen LogP contribution in [0.25, 0.3) is 0 Å². The van der Waals surface area contributed by atoms with Gasteiger partial charge in [-0.3, -0.25) is 0 Å². The smallest absolute Gasteiger partial charge is 0.122 e. The van der Waals surface area contributed by atoms with Crippen LogP contribution in [0.2, 0.25) is 0 Å². The number of thiophene rings is 1. The van der Waals surface area contributed by atoms with Gasteiger partial charge in [0.05, 0.1) is 3.79 Å². The summed E-state index contributed by atoms with van der Waals surface area (Å²) in [5.74, 6) is 0.908. The molecule has 2 aromatic rings. The zero-order valence-corrected chi connectivity index (χ0v) is 12.7. The summed E-state index contributed by atoms with van der Waals surface area (Å²) in [5, 5.41) is 0. The lowest BCUT2D eigenvalue weighted by Gasteiger charge is -2.06. The van der Waals surface area contributed by atoms with Gasteiger partial charge in [-0.2, -0.15) is 0 Å². The van der Waals surface area contributed by atoms with E-state index in [0.29, 0.717) is 6.61 Å². The fourth-order valence-electron chi connectivity index (χ4n) is 1.29. The first kappa shape index (κ1) is 12.1. The molecule has 0 aliphatic carbocycles. The molecule has 1 nitrogen and oxygen atoms in total. The number of ether oxygens (including phenoxy) is 1. The van der Waals surface area contributed by atoms with Gasteiger partial charge in [-0.1, -0.05) is 15.9 Å². The first-order valence-electron chi connectivity index (χ1n) is 4.78. The van der Waals surface area contributed by atoms with Crippen LogP contribution in [-0.2, 0) is 6.61 Å². The second kappa shape index (κ2) is 5.34. The molecule has 0 N–H and O–H groups in total. The summed E-state index contributed by atoms with van der Waals surface area (Å²) in [5.41, 5.74) is 1.19. The average Bonchev–Trinajstić information content (AvgIpc) is 2.66. The Hall–Kier alpha value is -0.320. The minimum Gasteiger partial charge on any atom is -0.488 e. The van der Waals surface area contributed by atoms with E-state index < -0.39 is 0 Å². The Kier molecular flexibility index (Phi) is 4.05. The highest BCUT2D eigenvalue weighted by atomic mass is 79.9. The number of benzene rings is 1. The van der Waals surface area contributed by atoms with Gasteiger partial charge in [0, 0.05) is 9.35 Å². The van der Waals surface area contributed by atoms with Gasteiger partial charge >= 0.3 is 0 Å². The fourth-order valence-corrected chi connectivity index (χ4v) is 2.93. The minimum absolute atomic E-state index is 0.622. The lowest BCUT2D eigenvalue weighted by Crippen LogP contribution is -1.93. The van der Waals surface area contributed by atoms with Gasteiger partial charge in [0.2, 0.25) is 0 Å². The van der Waals surface area contributed by atoms with Gasteiger partial charge < -0.3 is 4.74 Å². The zero-order valence-electron chi connectivity index (χ0n) is 8.67. The van der Waals surface area contributed by atoms with Gasteiger partial charge in [-0.15, -0.1) is 11.3 Å². The summed E-state index contributed by atoms with van der Waals surface area (Å²) < 4.78 is 7.96. The summed E-state index contributed by atoms with van der Waals surface area (Å²) in [6, 6.07) is 10.1. The number of aryl methyl sites for hydroxylation is 1. The molecule has 0 aliphatic heterocycles. The Morgan fingerprint density at radius 3 is 2.62 bits per heavy atom. The molecule has 2 rings (SSSR count). The summed E-state index contributed by atoms with van der Waals surface area (Å²) in [7, 11) is 0. The fraction of sp³-hybridized carbons (Fsp3) is 0.167. The van der Waals surface area contributed by atoms with E-state index in [0.717, 1.165) is 14.0 Å². The topological polar surface area (TPSA) is 9.23 Å². The minimum atomic E-state index is 0.622. The van der Waals surface area contributed by atoms with Crippen molar-refractivity contribution in [2.45, 2.75) is 13.5 Å². The normalized spacial score (nSPS) is 10.4. The first-order valence-corrected chi connectivity index (χ1v) is 7.18. The van der Waals surface area contributed by atoms with Crippen LogP contribution in [0.4, 0.5) is 0 Å². The molecule has 0 saturated carbocycles. The predicted molar refractivity (Wildman–Crippen MR) is 75.2 cm³/mol. The van der Waals surface area contributed by atoms with Crippen molar-refractivity contribution in [2.24, 2.45) is 0 Å². The van der Waals surface area contributed by atoms with E-state index in [2.05, 4.69) is 44.8 Å². The quantitative estimate of drug-likeness (QED) is 0.733. The largest absolute Gasteiger partial charge is 0.488 e. The van der Waals surface area contributed by atoms with Crippen molar-refractivity contribution in [3.8, 4) is 5.75 Å². The highest BCUT2D eigenvalue weighted by Gasteiger charge is 2.01. The number of rotatable bonds is 3. The van der Waals surface area contributed by atoms with Crippen LogP contribution < -0.4 is 4.74 Å². The molecule has 0 spiro atoms. The average molecular weight is 362 g/mol. The summed E-state index contributed by atoms with van der Waals surface area (Å²) in [4.78, 5) is 1.22. The van der Waals surface area contributed by atoms with Crippen molar-refractivity contribution in [1.82, 2.24) is 0 Å². The molecule has 0 radical (unpaired) electrons. The Balaban J connectivity index is 2.02. The lowest BCUT2D eigenvalue weighted by molar-refractivity contribution is 0.309. The van der Waals surface area contributed by atoms with E-state index in [9.17, 15) is 0 Å². The summed E-state index contributed by atoms with van der Waals surface area (Å²) in [6.07, 6.45) is 0. The van der Waals surface area contributed by atoms with Gasteiger partial charge in [-0.05, 0) is 58.7 Å². The van der Waals surface area contributed by atoms with Crippen molar-refractivity contribution in [3.63, 3.8) is 0 Å². The van der Waals surface area contributed by atoms with E-state index in [1.165, 1.54) is 10.4 Å². The number of hydrogen-bond acceptors (Lipinski definition) is 2. The van der Waals surface area contributed by atoms with Crippen LogP contribution in [0, 0.1) is 6.92 Å². The summed E-state index contributed by atoms with van der Waals surface area (Å²) >= 11 is 8.60. The van der Waals surface area contributed by atoms with Crippen molar-refractivity contribution < 1.29 is 4.74 Å². The maximum absolute atomic E-state index is 5.71. The molecule has 0 bridgehead atoms. The van der Waals surface area contributed by atoms with Gasteiger partial charge in [0.1, 0.15) is 12.4 Å². The van der Waals surface area contributed by atoms with Crippen LogP contribution in [0.15, 0.2) is 38.6 Å². The van der Waals surface area contributed by atoms with Crippen LogP contribution >= 0.6 is 43.2 Å². The molecule has 0 fully saturated rings. The highest BCUT2D eigenvalue weighted by Crippen LogP contribution is 2.25. The monoisotopic (exact) mass is 360 g/mol. The van der Waals surface area contributed by atoms with E-state index in [-0.39, 0.29) is 0 Å². The molecule has 0 amide bonds. The molecule has 0 atom stereocenters. The van der Waals surface area contributed by atoms with Crippen LogP contribution in [0.5, 0.6) is 5.75 Å². The second-order valence-corrected chi connectivity index (χ2v) is 6.81. The third-order valence-corrected chi connectivity index (χ3v) is 4.63. The second-order valence-electron chi connectivity index (χ2n) is 3.41. The Morgan fingerprint density at radius 2 is 2.00 bits per heavy atom. The zero-order chi connectivity index (χ0) is 11.5. The van der Waals surface area contributed by atoms with Gasteiger partial charge in [0.15, 0.2) is 0 Å². The van der Waals surface area contributed by atoms with Crippen LogP contribution in [-0.4, -0.2) is 0 Å². The third-order valence-electron chi connectivity index (χ3n) is 2.14. The standard InChI is InChI=1S/C12H10Br2OS/c1-8-6-9(2-4-11(8)13)15-7-10-3-5-12(14)16-10/h2-6H,7H2,1H3. The molecule has 0 saturated heterocycles. The van der Waals surface area contributed by atoms with E-state index in [1.807, 2.05) is 24.3 Å². The molecule has 1 heterocycles. The van der Waals surface area contributed by atoms with Crippen LogP contribution in [0.3, 0.4) is 0 Å². The van der Waals surface area contributed by atoms with E-state index in [4.69, 9.17) is 4.74 Å². The third kappa shape index (κ3) is 3.09. The maximum Gasteiger partial charge on any atom is 0.122 e. The molecular weight excluding hydrogens is 352 g/mol. The molecule has 1 aromatic carbocycles. The van der Waals surface area contributed by atoms with E-state index in [1.54, 1.807) is 11.3 Å². The molecule has 16 heavy (non-hydrogen) atoms. The van der Waals surface area contributed by atoms with Crippen molar-refractivity contribution in [3.05, 3.63) is 49.0 Å². The number of halogens is 2. The molecule has 4 heteroatoms. The SMILES string of the molecule is Cc1cc(OCc2ccc(Br)s2)ccc1Br. The highest BCUT2D eigenvalue weighted by molar-refractivity contribution is 9.11. The molecule has 84 valence electrons. The Bertz CT molecular complexity index is 494. The molecule has 0 unspecified atom stereocenters. The Labute approximate surface area is 116 Å². The maximum atomic E-state index is 5.71. The predicted octanol–water partition coefficient (Wildman–Crippen LogP) is 5.16. The van der Waals surface area contributed by atoms with Gasteiger partial charge in [-0.25, -0.2) is 0 Å². The van der Waals surface area contributed by atoms with Crippen LogP contribution in [0.1, 0.15) is 10.4 Å². The Morgan fingerprint density at radius 1 is 1.19 bits per heavy atom. The molecule has 0 aliphatic rings. The lowest BCUT2D eigenvalue weighted by atomic mass is 10.2. The molecule has 1 aromatic heterocycles. The van der Waals surface area contributed by atoms with E-state index >= 15 is 0 Å². The number of hydrogen-bond donors (Lipinski definition) is 0. The van der Waals surface area contributed by atoms with Crippen molar-refractivity contribution >= 4 is 43.2 Å².